The lowest BCUT2D eigenvalue weighted by molar-refractivity contribution is -0.133. The summed E-state index contributed by atoms with van der Waals surface area (Å²) >= 11 is 1.61. The Hall–Kier alpha value is -3.07. The van der Waals surface area contributed by atoms with Crippen LogP contribution in [0.25, 0.3) is 0 Å². The Balaban J connectivity index is 1.53. The lowest BCUT2D eigenvalue weighted by atomic mass is 10.1. The van der Waals surface area contributed by atoms with Gasteiger partial charge in [0.05, 0.1) is 19.8 Å². The van der Waals surface area contributed by atoms with E-state index in [9.17, 15) is 14.0 Å². The van der Waals surface area contributed by atoms with Gasteiger partial charge >= 0.3 is 0 Å². The van der Waals surface area contributed by atoms with E-state index in [4.69, 9.17) is 4.74 Å². The summed E-state index contributed by atoms with van der Waals surface area (Å²) in [6.45, 7) is 8.87. The number of hydrogen-bond acceptors (Lipinski definition) is 5. The Kier molecular flexibility index (Phi) is 9.44. The van der Waals surface area contributed by atoms with E-state index in [-0.39, 0.29) is 24.2 Å². The van der Waals surface area contributed by atoms with E-state index in [0.717, 1.165) is 34.7 Å². The van der Waals surface area contributed by atoms with Crippen LogP contribution in [0.4, 0.5) is 4.39 Å². The fourth-order valence-corrected chi connectivity index (χ4v) is 5.18. The van der Waals surface area contributed by atoms with E-state index in [1.165, 1.54) is 12.1 Å². The van der Waals surface area contributed by atoms with Crippen molar-refractivity contribution in [3.8, 4) is 0 Å². The summed E-state index contributed by atoms with van der Waals surface area (Å²) in [6.07, 6.45) is 0. The molecule has 0 spiro atoms. The maximum atomic E-state index is 13.7. The summed E-state index contributed by atoms with van der Waals surface area (Å²) < 4.78 is 18.9. The van der Waals surface area contributed by atoms with Crippen molar-refractivity contribution in [1.82, 2.24) is 14.7 Å². The number of carbonyl (C=O) groups is 2. The van der Waals surface area contributed by atoms with Gasteiger partial charge in [0, 0.05) is 43.2 Å². The van der Waals surface area contributed by atoms with Crippen LogP contribution in [0.15, 0.2) is 60.0 Å². The van der Waals surface area contributed by atoms with E-state index in [1.54, 1.807) is 33.3 Å². The molecule has 1 aliphatic heterocycles. The lowest BCUT2D eigenvalue weighted by Gasteiger charge is -2.31. The summed E-state index contributed by atoms with van der Waals surface area (Å²) in [4.78, 5) is 34.0. The first-order chi connectivity index (χ1) is 17.9. The fraction of sp³-hybridized carbons (Fsp3) is 0.379. The molecule has 3 aromatic rings. The summed E-state index contributed by atoms with van der Waals surface area (Å²) in [6, 6.07) is 15.7. The number of aryl methyl sites for hydroxylation is 2. The van der Waals surface area contributed by atoms with Crippen LogP contribution in [0.2, 0.25) is 0 Å². The topological polar surface area (TPSA) is 53.1 Å². The second-order valence-electron chi connectivity index (χ2n) is 9.45. The highest BCUT2D eigenvalue weighted by atomic mass is 32.1. The van der Waals surface area contributed by atoms with Gasteiger partial charge < -0.3 is 14.5 Å². The van der Waals surface area contributed by atoms with E-state index in [2.05, 4.69) is 4.90 Å². The molecule has 0 aliphatic carbocycles. The van der Waals surface area contributed by atoms with Crippen molar-refractivity contribution in [1.29, 1.82) is 0 Å². The molecule has 2 amide bonds. The molecule has 2 aromatic carbocycles. The Bertz CT molecular complexity index is 1170. The minimum absolute atomic E-state index is 0.0251. The molecule has 6 nitrogen and oxygen atoms in total. The van der Waals surface area contributed by atoms with Crippen LogP contribution in [0.3, 0.4) is 0 Å². The van der Waals surface area contributed by atoms with Gasteiger partial charge in [-0.15, -0.1) is 11.3 Å². The lowest BCUT2D eigenvalue weighted by Crippen LogP contribution is -2.47. The molecule has 37 heavy (non-hydrogen) atoms. The van der Waals surface area contributed by atoms with E-state index in [1.807, 2.05) is 49.6 Å². The quantitative estimate of drug-likeness (QED) is 0.393. The van der Waals surface area contributed by atoms with Gasteiger partial charge in [0.15, 0.2) is 0 Å². The highest BCUT2D eigenvalue weighted by Crippen LogP contribution is 2.20. The molecule has 1 aromatic heterocycles. The predicted octanol–water partition coefficient (Wildman–Crippen LogP) is 4.51. The molecule has 2 heterocycles. The fourth-order valence-electron chi connectivity index (χ4n) is 4.26. The van der Waals surface area contributed by atoms with Crippen molar-refractivity contribution in [2.45, 2.75) is 26.9 Å². The summed E-state index contributed by atoms with van der Waals surface area (Å²) in [7, 11) is 0. The summed E-state index contributed by atoms with van der Waals surface area (Å²) in [5.74, 6) is -0.607. The molecule has 1 saturated heterocycles. The van der Waals surface area contributed by atoms with Gasteiger partial charge in [0.25, 0.3) is 5.91 Å². The number of hydrogen-bond donors (Lipinski definition) is 0. The smallest absolute Gasteiger partial charge is 0.254 e. The maximum absolute atomic E-state index is 13.7. The molecule has 0 radical (unpaired) electrons. The molecule has 8 heteroatoms. The first-order valence-electron chi connectivity index (χ1n) is 12.6. The number of rotatable bonds is 10. The zero-order valence-corrected chi connectivity index (χ0v) is 22.3. The third-order valence-corrected chi connectivity index (χ3v) is 7.65. The molecule has 0 atom stereocenters. The number of nitrogens with zero attached hydrogens (tertiary/aromatic N) is 3. The number of morpholine rings is 1. The number of amides is 2. The minimum atomic E-state index is -0.311. The van der Waals surface area contributed by atoms with Gasteiger partial charge in [0.2, 0.25) is 5.91 Å². The number of carbonyl (C=O) groups excluding carboxylic acids is 2. The van der Waals surface area contributed by atoms with Gasteiger partial charge in [0.1, 0.15) is 12.4 Å². The summed E-state index contributed by atoms with van der Waals surface area (Å²) in [5.41, 5.74) is 3.61. The Morgan fingerprint density at radius 2 is 1.65 bits per heavy atom. The van der Waals surface area contributed by atoms with Crippen molar-refractivity contribution >= 4 is 23.2 Å². The molecule has 0 N–H and O–H groups in total. The number of benzene rings is 2. The Morgan fingerprint density at radius 3 is 2.30 bits per heavy atom. The highest BCUT2D eigenvalue weighted by molar-refractivity contribution is 7.10. The van der Waals surface area contributed by atoms with Crippen molar-refractivity contribution in [2.24, 2.45) is 0 Å². The third-order valence-electron chi connectivity index (χ3n) is 6.64. The molecule has 1 fully saturated rings. The molecule has 1 aliphatic rings. The zero-order chi connectivity index (χ0) is 26.2. The largest absolute Gasteiger partial charge is 0.379 e. The highest BCUT2D eigenvalue weighted by Gasteiger charge is 2.24. The maximum Gasteiger partial charge on any atom is 0.254 e. The van der Waals surface area contributed by atoms with Crippen LogP contribution >= 0.6 is 11.3 Å². The third kappa shape index (κ3) is 7.71. The second-order valence-corrected chi connectivity index (χ2v) is 10.5. The first-order valence-corrected chi connectivity index (χ1v) is 13.5. The van der Waals surface area contributed by atoms with Gasteiger partial charge in [-0.3, -0.25) is 14.5 Å². The van der Waals surface area contributed by atoms with Crippen LogP contribution < -0.4 is 0 Å². The monoisotopic (exact) mass is 523 g/mol. The number of thiophene rings is 1. The van der Waals surface area contributed by atoms with E-state index >= 15 is 0 Å². The van der Waals surface area contributed by atoms with E-state index < -0.39 is 0 Å². The molecular weight excluding hydrogens is 489 g/mol. The average Bonchev–Trinajstić information content (AvgIpc) is 3.32. The van der Waals surface area contributed by atoms with Crippen LogP contribution in [0.5, 0.6) is 0 Å². The number of halogens is 1. The van der Waals surface area contributed by atoms with Crippen LogP contribution in [-0.2, 0) is 22.6 Å². The Labute approximate surface area is 222 Å². The standard InChI is InChI=1S/C29H34FN3O3S/c1-22-3-7-25(8-4-22)29(35)32(13-12-31-14-16-36-17-15-31)21-28(34)33(20-27-23(2)11-18-37-27)19-24-5-9-26(30)10-6-24/h3-11,18H,12-17,19-21H2,1-2H3. The Morgan fingerprint density at radius 1 is 0.946 bits per heavy atom. The van der Waals surface area contributed by atoms with Gasteiger partial charge in [-0.25, -0.2) is 4.39 Å². The van der Waals surface area contributed by atoms with Crippen molar-refractivity contribution in [3.05, 3.63) is 92.9 Å². The normalized spacial score (nSPS) is 13.9. The molecule has 0 saturated carbocycles. The molecule has 0 bridgehead atoms. The van der Waals surface area contributed by atoms with Gasteiger partial charge in [-0.1, -0.05) is 29.8 Å². The zero-order valence-electron chi connectivity index (χ0n) is 21.5. The van der Waals surface area contributed by atoms with Crippen molar-refractivity contribution in [3.63, 3.8) is 0 Å². The summed E-state index contributed by atoms with van der Waals surface area (Å²) in [5, 5.41) is 2.01. The van der Waals surface area contributed by atoms with Gasteiger partial charge in [-0.05, 0) is 60.7 Å². The minimum Gasteiger partial charge on any atom is -0.379 e. The van der Waals surface area contributed by atoms with E-state index in [0.29, 0.717) is 45.0 Å². The van der Waals surface area contributed by atoms with Gasteiger partial charge in [-0.2, -0.15) is 0 Å². The van der Waals surface area contributed by atoms with Crippen molar-refractivity contribution in [2.75, 3.05) is 45.9 Å². The molecule has 4 rings (SSSR count). The molecule has 196 valence electrons. The molecule has 0 unspecified atom stereocenters. The van der Waals surface area contributed by atoms with Crippen LogP contribution in [0.1, 0.15) is 31.9 Å². The number of ether oxygens (including phenoxy) is 1. The molecular formula is C29H34FN3O3S. The SMILES string of the molecule is Cc1ccc(C(=O)N(CCN2CCOCC2)CC(=O)N(Cc2ccc(F)cc2)Cc2sccc2C)cc1. The van der Waals surface area contributed by atoms with Crippen LogP contribution in [0, 0.1) is 19.7 Å². The average molecular weight is 524 g/mol. The predicted molar refractivity (Wildman–Crippen MR) is 144 cm³/mol. The van der Waals surface area contributed by atoms with Crippen LogP contribution in [-0.4, -0.2) is 72.5 Å². The first kappa shape index (κ1) is 27.0. The van der Waals surface area contributed by atoms with Crippen molar-refractivity contribution < 1.29 is 18.7 Å². The second kappa shape index (κ2) is 12.9.